The van der Waals surface area contributed by atoms with Crippen molar-refractivity contribution in [3.63, 3.8) is 0 Å². The molecule has 0 aliphatic carbocycles. The predicted molar refractivity (Wildman–Crippen MR) is 75.8 cm³/mol. The van der Waals surface area contributed by atoms with Gasteiger partial charge in [0.05, 0.1) is 0 Å². The van der Waals surface area contributed by atoms with E-state index in [0.29, 0.717) is 17.6 Å². The van der Waals surface area contributed by atoms with Crippen LogP contribution in [0.1, 0.15) is 45.6 Å². The highest BCUT2D eigenvalue weighted by molar-refractivity contribution is 5.85. The van der Waals surface area contributed by atoms with E-state index in [9.17, 15) is 5.11 Å². The van der Waals surface area contributed by atoms with Crippen molar-refractivity contribution in [2.75, 3.05) is 0 Å². The molecule has 0 bridgehead atoms. The lowest BCUT2D eigenvalue weighted by Gasteiger charge is -2.34. The summed E-state index contributed by atoms with van der Waals surface area (Å²) < 4.78 is 0. The van der Waals surface area contributed by atoms with Crippen molar-refractivity contribution in [3.05, 3.63) is 29.8 Å². The number of nitrogens with two attached hydrogens (primary N) is 1. The van der Waals surface area contributed by atoms with Crippen LogP contribution in [0, 0.1) is 5.92 Å². The maximum Gasteiger partial charge on any atom is 0.115 e. The normalized spacial score (nSPS) is 14.9. The van der Waals surface area contributed by atoms with E-state index in [1.807, 2.05) is 12.1 Å². The summed E-state index contributed by atoms with van der Waals surface area (Å²) in [5, 5.41) is 9.51. The zero-order valence-corrected chi connectivity index (χ0v) is 11.9. The molecule has 2 unspecified atom stereocenters. The summed E-state index contributed by atoms with van der Waals surface area (Å²) in [6, 6.07) is 7.50. The van der Waals surface area contributed by atoms with Crippen molar-refractivity contribution in [2.24, 2.45) is 11.7 Å². The monoisotopic (exact) mass is 257 g/mol. The van der Waals surface area contributed by atoms with E-state index in [0.717, 1.165) is 6.42 Å². The van der Waals surface area contributed by atoms with Gasteiger partial charge in [-0.15, -0.1) is 12.4 Å². The largest absolute Gasteiger partial charge is 0.508 e. The number of hydrogen-bond acceptors (Lipinski definition) is 2. The Kier molecular flexibility index (Phi) is 6.00. The molecule has 0 heterocycles. The smallest absolute Gasteiger partial charge is 0.115 e. The van der Waals surface area contributed by atoms with Gasteiger partial charge in [0, 0.05) is 5.54 Å². The summed E-state index contributed by atoms with van der Waals surface area (Å²) in [6.45, 7) is 8.46. The van der Waals surface area contributed by atoms with E-state index in [1.54, 1.807) is 6.07 Å². The first kappa shape index (κ1) is 16.3. The first-order valence-electron chi connectivity index (χ1n) is 5.94. The molecule has 0 saturated carbocycles. The van der Waals surface area contributed by atoms with E-state index in [4.69, 9.17) is 5.73 Å². The zero-order chi connectivity index (χ0) is 12.3. The van der Waals surface area contributed by atoms with Gasteiger partial charge in [0.2, 0.25) is 0 Å². The molecule has 0 aromatic heterocycles. The molecule has 0 radical (unpaired) electrons. The van der Waals surface area contributed by atoms with Crippen LogP contribution in [0.3, 0.4) is 0 Å². The Hall–Kier alpha value is -0.730. The van der Waals surface area contributed by atoms with Gasteiger partial charge in [0.25, 0.3) is 0 Å². The van der Waals surface area contributed by atoms with Crippen molar-refractivity contribution in [1.29, 1.82) is 0 Å². The predicted octanol–water partition coefficient (Wildman–Crippen LogP) is 3.68. The average Bonchev–Trinajstić information content (AvgIpc) is 2.17. The summed E-state index contributed by atoms with van der Waals surface area (Å²) in [5.74, 6) is 1.10. The number of phenolic OH excluding ortho intramolecular Hbond substituents is 1. The Morgan fingerprint density at radius 2 is 1.94 bits per heavy atom. The molecule has 0 saturated heterocycles. The van der Waals surface area contributed by atoms with Crippen molar-refractivity contribution >= 4 is 12.4 Å². The zero-order valence-electron chi connectivity index (χ0n) is 11.1. The van der Waals surface area contributed by atoms with Crippen LogP contribution in [-0.4, -0.2) is 10.6 Å². The standard InChI is InChI=1S/C14H23NO.ClH/c1-5-13(10(2)14(3,4)15)11-7-6-8-12(16)9-11;/h6-10,13,16H,5,15H2,1-4H3;1H. The summed E-state index contributed by atoms with van der Waals surface area (Å²) in [5.41, 5.74) is 7.14. The van der Waals surface area contributed by atoms with E-state index >= 15 is 0 Å². The van der Waals surface area contributed by atoms with Gasteiger partial charge in [0.15, 0.2) is 0 Å². The summed E-state index contributed by atoms with van der Waals surface area (Å²) in [6.07, 6.45) is 1.03. The fourth-order valence-electron chi connectivity index (χ4n) is 2.15. The molecule has 1 rings (SSSR count). The Bertz CT molecular complexity index is 346. The molecule has 0 aliphatic rings. The molecule has 2 nitrogen and oxygen atoms in total. The van der Waals surface area contributed by atoms with Gasteiger partial charge in [-0.3, -0.25) is 0 Å². The third-order valence-electron chi connectivity index (χ3n) is 3.52. The molecule has 3 heteroatoms. The molecule has 0 amide bonds. The van der Waals surface area contributed by atoms with Crippen molar-refractivity contribution in [1.82, 2.24) is 0 Å². The Labute approximate surface area is 111 Å². The molecule has 1 aromatic carbocycles. The summed E-state index contributed by atoms with van der Waals surface area (Å²) in [4.78, 5) is 0. The number of rotatable bonds is 4. The third-order valence-corrected chi connectivity index (χ3v) is 3.52. The van der Waals surface area contributed by atoms with Crippen LogP contribution >= 0.6 is 12.4 Å². The highest BCUT2D eigenvalue weighted by Crippen LogP contribution is 2.34. The number of phenols is 1. The van der Waals surface area contributed by atoms with E-state index in [1.165, 1.54) is 5.56 Å². The molecule has 3 N–H and O–H groups in total. The second kappa shape index (κ2) is 6.27. The fourth-order valence-corrected chi connectivity index (χ4v) is 2.15. The Balaban J connectivity index is 0.00000256. The number of aromatic hydroxyl groups is 1. The number of hydrogen-bond donors (Lipinski definition) is 2. The van der Waals surface area contributed by atoms with Gasteiger partial charge in [-0.1, -0.05) is 26.0 Å². The van der Waals surface area contributed by atoms with Gasteiger partial charge < -0.3 is 10.8 Å². The number of benzene rings is 1. The molecule has 0 fully saturated rings. The lowest BCUT2D eigenvalue weighted by atomic mass is 9.75. The highest BCUT2D eigenvalue weighted by Gasteiger charge is 2.28. The summed E-state index contributed by atoms with van der Waals surface area (Å²) in [7, 11) is 0. The topological polar surface area (TPSA) is 46.2 Å². The van der Waals surface area contributed by atoms with Gasteiger partial charge in [-0.25, -0.2) is 0 Å². The van der Waals surface area contributed by atoms with Gasteiger partial charge >= 0.3 is 0 Å². The summed E-state index contributed by atoms with van der Waals surface area (Å²) >= 11 is 0. The lowest BCUT2D eigenvalue weighted by Crippen LogP contribution is -2.42. The first-order valence-corrected chi connectivity index (χ1v) is 5.94. The molecule has 98 valence electrons. The fraction of sp³-hybridized carbons (Fsp3) is 0.571. The molecule has 0 aliphatic heterocycles. The second-order valence-electron chi connectivity index (χ2n) is 5.22. The third kappa shape index (κ3) is 4.21. The Morgan fingerprint density at radius 3 is 2.35 bits per heavy atom. The second-order valence-corrected chi connectivity index (χ2v) is 5.22. The molecular weight excluding hydrogens is 234 g/mol. The Morgan fingerprint density at radius 1 is 1.35 bits per heavy atom. The highest BCUT2D eigenvalue weighted by atomic mass is 35.5. The molecule has 0 spiro atoms. The minimum Gasteiger partial charge on any atom is -0.508 e. The van der Waals surface area contributed by atoms with Crippen molar-refractivity contribution in [3.8, 4) is 5.75 Å². The van der Waals surface area contributed by atoms with E-state index < -0.39 is 0 Å². The van der Waals surface area contributed by atoms with E-state index in [-0.39, 0.29) is 17.9 Å². The quantitative estimate of drug-likeness (QED) is 0.864. The first-order chi connectivity index (χ1) is 7.36. The van der Waals surface area contributed by atoms with Crippen LogP contribution in [0.4, 0.5) is 0 Å². The lowest BCUT2D eigenvalue weighted by molar-refractivity contribution is 0.287. The van der Waals surface area contributed by atoms with Crippen LogP contribution in [0.5, 0.6) is 5.75 Å². The molecule has 17 heavy (non-hydrogen) atoms. The molecular formula is C14H24ClNO. The SMILES string of the molecule is CCC(c1cccc(O)c1)C(C)C(C)(C)N.Cl. The average molecular weight is 258 g/mol. The maximum atomic E-state index is 9.51. The van der Waals surface area contributed by atoms with Crippen molar-refractivity contribution < 1.29 is 5.11 Å². The number of halogens is 1. The van der Waals surface area contributed by atoms with Crippen molar-refractivity contribution in [2.45, 2.75) is 45.6 Å². The minimum absolute atomic E-state index is 0. The molecule has 1 aromatic rings. The van der Waals surface area contributed by atoms with Crippen LogP contribution in [-0.2, 0) is 0 Å². The van der Waals surface area contributed by atoms with E-state index in [2.05, 4.69) is 33.8 Å². The van der Waals surface area contributed by atoms with Gasteiger partial charge in [-0.2, -0.15) is 0 Å². The van der Waals surface area contributed by atoms with Crippen LogP contribution < -0.4 is 5.73 Å². The maximum absolute atomic E-state index is 9.51. The van der Waals surface area contributed by atoms with Gasteiger partial charge in [0.1, 0.15) is 5.75 Å². The molecule has 2 atom stereocenters. The van der Waals surface area contributed by atoms with Gasteiger partial charge in [-0.05, 0) is 49.8 Å². The minimum atomic E-state index is -0.202. The van der Waals surface area contributed by atoms with Crippen LogP contribution in [0.25, 0.3) is 0 Å². The van der Waals surface area contributed by atoms with Crippen LogP contribution in [0.2, 0.25) is 0 Å². The van der Waals surface area contributed by atoms with Crippen LogP contribution in [0.15, 0.2) is 24.3 Å².